The molecular weight excluding hydrogens is 274 g/mol. The van der Waals surface area contributed by atoms with Crippen LogP contribution in [0.3, 0.4) is 0 Å². The lowest BCUT2D eigenvalue weighted by Crippen LogP contribution is -2.04. The van der Waals surface area contributed by atoms with Crippen LogP contribution in [0.5, 0.6) is 5.75 Å². The molecule has 1 saturated carbocycles. The first-order chi connectivity index (χ1) is 9.65. The van der Waals surface area contributed by atoms with Gasteiger partial charge in [0.15, 0.2) is 5.75 Å². The van der Waals surface area contributed by atoms with Gasteiger partial charge in [-0.1, -0.05) is 6.08 Å². The maximum absolute atomic E-state index is 11.2. The van der Waals surface area contributed by atoms with Crippen molar-refractivity contribution in [2.75, 3.05) is 11.5 Å². The average Bonchev–Trinajstić information content (AvgIpc) is 3.25. The summed E-state index contributed by atoms with van der Waals surface area (Å²) in [7, 11) is 0. The molecule has 1 aliphatic carbocycles. The molecule has 106 valence electrons. The van der Waals surface area contributed by atoms with E-state index in [2.05, 4.69) is 6.08 Å². The summed E-state index contributed by atoms with van der Waals surface area (Å²) in [6.07, 6.45) is 5.41. The predicted molar refractivity (Wildman–Crippen MR) is 81.4 cm³/mol. The van der Waals surface area contributed by atoms with Gasteiger partial charge in [0.05, 0.1) is 11.0 Å². The second kappa shape index (κ2) is 5.48. The third kappa shape index (κ3) is 2.82. The summed E-state index contributed by atoms with van der Waals surface area (Å²) in [4.78, 5) is 10.8. The van der Waals surface area contributed by atoms with E-state index in [0.717, 1.165) is 41.9 Å². The van der Waals surface area contributed by atoms with Crippen LogP contribution < -0.4 is 4.74 Å². The van der Waals surface area contributed by atoms with Crippen LogP contribution in [0.25, 0.3) is 5.57 Å². The number of nitrogens with zero attached hydrogens (tertiary/aromatic N) is 1. The van der Waals surface area contributed by atoms with Gasteiger partial charge in [-0.3, -0.25) is 10.1 Å². The van der Waals surface area contributed by atoms with E-state index in [9.17, 15) is 10.1 Å². The molecule has 0 atom stereocenters. The Morgan fingerprint density at radius 3 is 2.80 bits per heavy atom. The monoisotopic (exact) mass is 291 g/mol. The van der Waals surface area contributed by atoms with E-state index in [1.54, 1.807) is 6.07 Å². The second-order valence-electron chi connectivity index (χ2n) is 5.26. The number of hydrogen-bond donors (Lipinski definition) is 0. The van der Waals surface area contributed by atoms with Crippen LogP contribution >= 0.6 is 11.8 Å². The van der Waals surface area contributed by atoms with Crippen LogP contribution in [0.15, 0.2) is 18.2 Å². The van der Waals surface area contributed by atoms with Crippen molar-refractivity contribution >= 4 is 23.0 Å². The van der Waals surface area contributed by atoms with Gasteiger partial charge in [-0.05, 0) is 54.7 Å². The zero-order chi connectivity index (χ0) is 14.1. The zero-order valence-electron chi connectivity index (χ0n) is 11.4. The number of rotatable bonds is 4. The summed E-state index contributed by atoms with van der Waals surface area (Å²) in [5.41, 5.74) is 3.44. The Hall–Kier alpha value is -1.49. The SMILES string of the molecule is Cc1cc([N+](=O)[O-])c(OC2CC2)cc1C1=CCSCC1. The van der Waals surface area contributed by atoms with Gasteiger partial charge < -0.3 is 4.74 Å². The number of aryl methyl sites for hydroxylation is 1. The number of allylic oxidation sites excluding steroid dienone is 1. The summed E-state index contributed by atoms with van der Waals surface area (Å²) in [6.45, 7) is 1.94. The highest BCUT2D eigenvalue weighted by Gasteiger charge is 2.28. The molecule has 0 N–H and O–H groups in total. The van der Waals surface area contributed by atoms with Crippen LogP contribution in [-0.2, 0) is 0 Å². The van der Waals surface area contributed by atoms with Crippen LogP contribution in [0.1, 0.15) is 30.4 Å². The van der Waals surface area contributed by atoms with Gasteiger partial charge in [0, 0.05) is 11.8 Å². The van der Waals surface area contributed by atoms with Crippen LogP contribution in [0.4, 0.5) is 5.69 Å². The maximum atomic E-state index is 11.2. The minimum Gasteiger partial charge on any atom is -0.483 e. The van der Waals surface area contributed by atoms with E-state index in [0.29, 0.717) is 5.75 Å². The van der Waals surface area contributed by atoms with Crippen molar-refractivity contribution in [2.24, 2.45) is 0 Å². The minimum atomic E-state index is -0.348. The molecule has 1 heterocycles. The number of hydrogen-bond acceptors (Lipinski definition) is 4. The molecule has 0 amide bonds. The molecule has 20 heavy (non-hydrogen) atoms. The van der Waals surface area contributed by atoms with Gasteiger partial charge in [0.25, 0.3) is 0 Å². The molecule has 0 spiro atoms. The summed E-state index contributed by atoms with van der Waals surface area (Å²) in [5, 5.41) is 11.2. The van der Waals surface area contributed by atoms with Crippen molar-refractivity contribution in [1.82, 2.24) is 0 Å². The van der Waals surface area contributed by atoms with E-state index in [1.165, 1.54) is 5.57 Å². The zero-order valence-corrected chi connectivity index (χ0v) is 12.2. The molecule has 0 aromatic heterocycles. The number of benzene rings is 1. The molecule has 3 rings (SSSR count). The van der Waals surface area contributed by atoms with Crippen molar-refractivity contribution in [3.05, 3.63) is 39.4 Å². The molecule has 0 bridgehead atoms. The van der Waals surface area contributed by atoms with Crippen LogP contribution in [0, 0.1) is 17.0 Å². The number of thioether (sulfide) groups is 1. The molecule has 0 saturated heterocycles. The smallest absolute Gasteiger partial charge is 0.311 e. The molecule has 5 heteroatoms. The fourth-order valence-electron chi connectivity index (χ4n) is 2.39. The standard InChI is InChI=1S/C15H17NO3S/c1-10-8-14(16(17)18)15(19-12-2-3-12)9-13(10)11-4-6-20-7-5-11/h4,8-9,12H,2-3,5-7H2,1H3. The Labute approximate surface area is 122 Å². The topological polar surface area (TPSA) is 52.4 Å². The molecule has 4 nitrogen and oxygen atoms in total. The maximum Gasteiger partial charge on any atom is 0.311 e. The van der Waals surface area contributed by atoms with Crippen molar-refractivity contribution in [3.8, 4) is 5.75 Å². The van der Waals surface area contributed by atoms with Crippen molar-refractivity contribution in [3.63, 3.8) is 0 Å². The number of nitro groups is 1. The van der Waals surface area contributed by atoms with Gasteiger partial charge in [0.1, 0.15) is 0 Å². The minimum absolute atomic E-state index is 0.0870. The van der Waals surface area contributed by atoms with Gasteiger partial charge in [-0.2, -0.15) is 11.8 Å². The Balaban J connectivity index is 2.01. The Morgan fingerprint density at radius 2 is 2.20 bits per heavy atom. The summed E-state index contributed by atoms with van der Waals surface area (Å²) in [5.74, 6) is 2.56. The van der Waals surface area contributed by atoms with E-state index >= 15 is 0 Å². The lowest BCUT2D eigenvalue weighted by Gasteiger charge is -2.16. The van der Waals surface area contributed by atoms with E-state index < -0.39 is 0 Å². The summed E-state index contributed by atoms with van der Waals surface area (Å²) in [6, 6.07) is 3.52. The molecule has 1 fully saturated rings. The van der Waals surface area contributed by atoms with Crippen molar-refractivity contribution < 1.29 is 9.66 Å². The lowest BCUT2D eigenvalue weighted by molar-refractivity contribution is -0.386. The molecule has 0 radical (unpaired) electrons. The van der Waals surface area contributed by atoms with E-state index in [4.69, 9.17) is 4.74 Å². The van der Waals surface area contributed by atoms with Gasteiger partial charge in [-0.25, -0.2) is 0 Å². The first-order valence-electron chi connectivity index (χ1n) is 6.88. The lowest BCUT2D eigenvalue weighted by atomic mass is 9.97. The van der Waals surface area contributed by atoms with E-state index in [-0.39, 0.29) is 16.7 Å². The highest BCUT2D eigenvalue weighted by Crippen LogP contribution is 2.38. The molecule has 0 unspecified atom stereocenters. The molecule has 1 aromatic carbocycles. The normalized spacial score (nSPS) is 18.6. The fourth-order valence-corrected chi connectivity index (χ4v) is 3.24. The second-order valence-corrected chi connectivity index (χ2v) is 6.41. The van der Waals surface area contributed by atoms with E-state index in [1.807, 2.05) is 24.8 Å². The molecule has 2 aliphatic rings. The van der Waals surface area contributed by atoms with Gasteiger partial charge >= 0.3 is 5.69 Å². The average molecular weight is 291 g/mol. The number of ether oxygens (including phenoxy) is 1. The van der Waals surface area contributed by atoms with Gasteiger partial charge in [0.2, 0.25) is 0 Å². The Morgan fingerprint density at radius 1 is 1.40 bits per heavy atom. The highest BCUT2D eigenvalue weighted by molar-refractivity contribution is 7.99. The highest BCUT2D eigenvalue weighted by atomic mass is 32.2. The van der Waals surface area contributed by atoms with Crippen molar-refractivity contribution in [1.29, 1.82) is 0 Å². The fraction of sp³-hybridized carbons (Fsp3) is 0.467. The largest absolute Gasteiger partial charge is 0.483 e. The third-order valence-electron chi connectivity index (χ3n) is 3.63. The van der Waals surface area contributed by atoms with Gasteiger partial charge in [-0.15, -0.1) is 0 Å². The quantitative estimate of drug-likeness (QED) is 0.622. The third-order valence-corrected chi connectivity index (χ3v) is 4.53. The van der Waals surface area contributed by atoms with Crippen LogP contribution in [0.2, 0.25) is 0 Å². The summed E-state index contributed by atoms with van der Waals surface area (Å²) < 4.78 is 5.73. The molecule has 1 aliphatic heterocycles. The summed E-state index contributed by atoms with van der Waals surface area (Å²) >= 11 is 1.92. The first-order valence-corrected chi connectivity index (χ1v) is 8.03. The van der Waals surface area contributed by atoms with Crippen molar-refractivity contribution in [2.45, 2.75) is 32.3 Å². The molecule has 1 aromatic rings. The molecular formula is C15H17NO3S. The Bertz CT molecular complexity index is 579. The predicted octanol–water partition coefficient (Wildman–Crippen LogP) is 3.96. The van der Waals surface area contributed by atoms with Crippen LogP contribution in [-0.4, -0.2) is 22.5 Å². The number of nitro benzene ring substituents is 1. The first kappa shape index (κ1) is 13.5. The Kier molecular flexibility index (Phi) is 3.70.